The second-order valence-electron chi connectivity index (χ2n) is 7.02. The van der Waals surface area contributed by atoms with Gasteiger partial charge < -0.3 is 10.1 Å². The van der Waals surface area contributed by atoms with E-state index in [1.165, 1.54) is 21.9 Å². The lowest BCUT2D eigenvalue weighted by Crippen LogP contribution is -2.27. The molecule has 0 aliphatic rings. The fourth-order valence-electron chi connectivity index (χ4n) is 3.14. The molecule has 136 valence electrons. The summed E-state index contributed by atoms with van der Waals surface area (Å²) in [6.07, 6.45) is 3.29. The topological polar surface area (TPSA) is 21.3 Å². The maximum absolute atomic E-state index is 5.81. The molecule has 0 spiro atoms. The van der Waals surface area contributed by atoms with E-state index < -0.39 is 0 Å². The fourth-order valence-corrected chi connectivity index (χ4v) is 3.14. The Bertz CT molecular complexity index is 813. The number of benzene rings is 3. The summed E-state index contributed by atoms with van der Waals surface area (Å²) in [5.74, 6) is 0.969. The molecule has 0 bridgehead atoms. The van der Waals surface area contributed by atoms with Crippen molar-refractivity contribution in [1.82, 2.24) is 5.32 Å². The van der Waals surface area contributed by atoms with Crippen LogP contribution in [0.25, 0.3) is 10.8 Å². The zero-order chi connectivity index (χ0) is 18.2. The average molecular weight is 348 g/mol. The van der Waals surface area contributed by atoms with Gasteiger partial charge in [-0.15, -0.1) is 0 Å². The Morgan fingerprint density at radius 3 is 2.46 bits per heavy atom. The van der Waals surface area contributed by atoms with E-state index in [-0.39, 0.29) is 0 Å². The maximum Gasteiger partial charge on any atom is 0.119 e. The van der Waals surface area contributed by atoms with Crippen LogP contribution in [0.15, 0.2) is 66.7 Å². The number of rotatable bonds is 9. The Kier molecular flexibility index (Phi) is 6.68. The third-order valence-corrected chi connectivity index (χ3v) is 4.68. The van der Waals surface area contributed by atoms with E-state index in [2.05, 4.69) is 85.9 Å². The van der Waals surface area contributed by atoms with Crippen molar-refractivity contribution in [3.05, 3.63) is 77.9 Å². The van der Waals surface area contributed by atoms with Crippen LogP contribution < -0.4 is 10.1 Å². The molecular weight excluding hydrogens is 318 g/mol. The Balaban J connectivity index is 1.58. The highest BCUT2D eigenvalue weighted by atomic mass is 16.5. The summed E-state index contributed by atoms with van der Waals surface area (Å²) in [6.45, 7) is 6.14. The van der Waals surface area contributed by atoms with E-state index in [9.17, 15) is 0 Å². The quantitative estimate of drug-likeness (QED) is 0.498. The number of hydrogen-bond acceptors (Lipinski definition) is 2. The van der Waals surface area contributed by atoms with E-state index >= 15 is 0 Å². The molecule has 1 N–H and O–H groups in total. The molecule has 26 heavy (non-hydrogen) atoms. The molecule has 3 aromatic rings. The molecule has 0 aromatic heterocycles. The lowest BCUT2D eigenvalue weighted by molar-refractivity contribution is 0.310. The zero-order valence-corrected chi connectivity index (χ0v) is 15.9. The van der Waals surface area contributed by atoms with Gasteiger partial charge in [0.15, 0.2) is 0 Å². The van der Waals surface area contributed by atoms with Crippen molar-refractivity contribution in [2.45, 2.75) is 45.7 Å². The normalized spacial score (nSPS) is 12.2. The Labute approximate surface area is 157 Å². The van der Waals surface area contributed by atoms with Gasteiger partial charge in [-0.25, -0.2) is 0 Å². The first-order valence-electron chi connectivity index (χ1n) is 9.67. The van der Waals surface area contributed by atoms with Crippen molar-refractivity contribution >= 4 is 10.8 Å². The van der Waals surface area contributed by atoms with Crippen LogP contribution in [-0.2, 0) is 13.0 Å². The van der Waals surface area contributed by atoms with E-state index in [0.717, 1.165) is 38.2 Å². The van der Waals surface area contributed by atoms with Gasteiger partial charge in [0.2, 0.25) is 0 Å². The van der Waals surface area contributed by atoms with Gasteiger partial charge in [0, 0.05) is 12.6 Å². The lowest BCUT2D eigenvalue weighted by atomic mass is 10.0. The van der Waals surface area contributed by atoms with Crippen molar-refractivity contribution in [3.63, 3.8) is 0 Å². The molecule has 3 aromatic carbocycles. The molecule has 2 heteroatoms. The van der Waals surface area contributed by atoms with Crippen molar-refractivity contribution in [2.24, 2.45) is 0 Å². The number of unbranched alkanes of at least 4 members (excludes halogenated alkanes) is 1. The van der Waals surface area contributed by atoms with Gasteiger partial charge in [0.05, 0.1) is 6.61 Å². The molecule has 0 radical (unpaired) electrons. The monoisotopic (exact) mass is 347 g/mol. The standard InChI is InChI=1S/C24H29NO/c1-3-4-14-26-24-13-12-22-16-21(10-11-23(22)17-24)15-19(2)25-18-20-8-6-5-7-9-20/h5-13,16-17,19,25H,3-4,14-15,18H2,1-2H3. The predicted molar refractivity (Wildman–Crippen MR) is 111 cm³/mol. The van der Waals surface area contributed by atoms with Crippen LogP contribution in [-0.4, -0.2) is 12.6 Å². The summed E-state index contributed by atoms with van der Waals surface area (Å²) in [7, 11) is 0. The summed E-state index contributed by atoms with van der Waals surface area (Å²) < 4.78 is 5.81. The van der Waals surface area contributed by atoms with Crippen molar-refractivity contribution < 1.29 is 4.74 Å². The van der Waals surface area contributed by atoms with Gasteiger partial charge in [0.1, 0.15) is 5.75 Å². The molecule has 0 aliphatic heterocycles. The minimum Gasteiger partial charge on any atom is -0.494 e. The molecule has 3 rings (SSSR count). The molecule has 1 unspecified atom stereocenters. The SMILES string of the molecule is CCCCOc1ccc2cc(CC(C)NCc3ccccc3)ccc2c1. The van der Waals surface area contributed by atoms with E-state index in [4.69, 9.17) is 4.74 Å². The van der Waals surface area contributed by atoms with E-state index in [1.54, 1.807) is 0 Å². The summed E-state index contributed by atoms with van der Waals surface area (Å²) >= 11 is 0. The highest BCUT2D eigenvalue weighted by molar-refractivity contribution is 5.84. The van der Waals surface area contributed by atoms with Crippen LogP contribution in [0.1, 0.15) is 37.8 Å². The summed E-state index contributed by atoms with van der Waals surface area (Å²) in [6, 6.07) is 24.1. The van der Waals surface area contributed by atoms with Gasteiger partial charge in [0.25, 0.3) is 0 Å². The Morgan fingerprint density at radius 1 is 0.885 bits per heavy atom. The maximum atomic E-state index is 5.81. The molecule has 0 saturated heterocycles. The first-order valence-corrected chi connectivity index (χ1v) is 9.67. The predicted octanol–water partition coefficient (Wildman–Crippen LogP) is 5.74. The second kappa shape index (κ2) is 9.40. The highest BCUT2D eigenvalue weighted by Crippen LogP contribution is 2.23. The number of fused-ring (bicyclic) bond motifs is 1. The molecule has 0 aliphatic carbocycles. The summed E-state index contributed by atoms with van der Waals surface area (Å²) in [4.78, 5) is 0. The number of hydrogen-bond donors (Lipinski definition) is 1. The van der Waals surface area contributed by atoms with Crippen molar-refractivity contribution in [3.8, 4) is 5.75 Å². The van der Waals surface area contributed by atoms with Crippen LogP contribution in [0, 0.1) is 0 Å². The van der Waals surface area contributed by atoms with Crippen LogP contribution >= 0.6 is 0 Å². The average Bonchev–Trinajstić information content (AvgIpc) is 2.67. The zero-order valence-electron chi connectivity index (χ0n) is 15.9. The van der Waals surface area contributed by atoms with Gasteiger partial charge >= 0.3 is 0 Å². The fraction of sp³-hybridized carbons (Fsp3) is 0.333. The van der Waals surface area contributed by atoms with Crippen LogP contribution in [0.5, 0.6) is 5.75 Å². The second-order valence-corrected chi connectivity index (χ2v) is 7.02. The molecule has 0 heterocycles. The first kappa shape index (κ1) is 18.5. The summed E-state index contributed by atoms with van der Waals surface area (Å²) in [5, 5.41) is 6.13. The van der Waals surface area contributed by atoms with Crippen LogP contribution in [0.3, 0.4) is 0 Å². The highest BCUT2D eigenvalue weighted by Gasteiger charge is 2.05. The number of nitrogens with one attached hydrogen (secondary N) is 1. The van der Waals surface area contributed by atoms with Crippen LogP contribution in [0.2, 0.25) is 0 Å². The van der Waals surface area contributed by atoms with E-state index in [0.29, 0.717) is 6.04 Å². The van der Waals surface area contributed by atoms with Gasteiger partial charge in [-0.3, -0.25) is 0 Å². The molecule has 0 saturated carbocycles. The smallest absolute Gasteiger partial charge is 0.119 e. The third-order valence-electron chi connectivity index (χ3n) is 4.68. The molecule has 2 nitrogen and oxygen atoms in total. The molecule has 1 atom stereocenters. The number of ether oxygens (including phenoxy) is 1. The van der Waals surface area contributed by atoms with Crippen molar-refractivity contribution in [1.29, 1.82) is 0 Å². The summed E-state index contributed by atoms with van der Waals surface area (Å²) in [5.41, 5.74) is 2.69. The van der Waals surface area contributed by atoms with Gasteiger partial charge in [-0.05, 0) is 53.8 Å². The molecular formula is C24H29NO. The minimum atomic E-state index is 0.435. The van der Waals surface area contributed by atoms with E-state index in [1.807, 2.05) is 0 Å². The third kappa shape index (κ3) is 5.34. The van der Waals surface area contributed by atoms with Gasteiger partial charge in [-0.1, -0.05) is 67.9 Å². The largest absolute Gasteiger partial charge is 0.494 e. The molecule has 0 fully saturated rings. The molecule has 0 amide bonds. The van der Waals surface area contributed by atoms with Crippen LogP contribution in [0.4, 0.5) is 0 Å². The van der Waals surface area contributed by atoms with Crippen molar-refractivity contribution in [2.75, 3.05) is 6.61 Å². The first-order chi connectivity index (χ1) is 12.7. The Hall–Kier alpha value is -2.32. The van der Waals surface area contributed by atoms with Gasteiger partial charge in [-0.2, -0.15) is 0 Å². The minimum absolute atomic E-state index is 0.435. The Morgan fingerprint density at radius 2 is 1.65 bits per heavy atom. The lowest BCUT2D eigenvalue weighted by Gasteiger charge is -2.15.